The summed E-state index contributed by atoms with van der Waals surface area (Å²) in [5, 5.41) is 3.10. The summed E-state index contributed by atoms with van der Waals surface area (Å²) in [7, 11) is 3.44. The van der Waals surface area contributed by atoms with Crippen molar-refractivity contribution in [2.75, 3.05) is 6.54 Å². The Labute approximate surface area is 36.8 Å². The predicted octanol–water partition coefficient (Wildman–Crippen LogP) is 0.979. The van der Waals surface area contributed by atoms with E-state index in [2.05, 4.69) is 20.9 Å². The zero-order valence-corrected chi connectivity index (χ0v) is 5.44. The van der Waals surface area contributed by atoms with Crippen molar-refractivity contribution in [3.63, 3.8) is 0 Å². The Morgan fingerprint density at radius 3 is 2.60 bits per heavy atom. The zero-order valence-electron chi connectivity index (χ0n) is 3.28. The Kier molecular flexibility index (Phi) is 5.61. The molecule has 5 heavy (non-hydrogen) atoms. The van der Waals surface area contributed by atoms with Gasteiger partial charge in [0.2, 0.25) is 0 Å². The van der Waals surface area contributed by atoms with E-state index in [9.17, 15) is 0 Å². The fourth-order valence-electron chi connectivity index (χ4n) is 0.102. The maximum absolute atomic E-state index is 3.10. The van der Waals surface area contributed by atoms with Crippen molar-refractivity contribution in [3.05, 3.63) is 0 Å². The lowest BCUT2D eigenvalue weighted by atomic mass is 10.8. The minimum atomic E-state index is 0.824. The third-order valence-electron chi connectivity index (χ3n) is 0.279. The molecule has 0 spiro atoms. The molecule has 0 bridgehead atoms. The van der Waals surface area contributed by atoms with Gasteiger partial charge in [0, 0.05) is 0 Å². The molecule has 0 saturated heterocycles. The summed E-state index contributed by atoms with van der Waals surface area (Å²) < 4.78 is 0. The Morgan fingerprint density at radius 2 is 2.60 bits per heavy atom. The first-order chi connectivity index (χ1) is 2.41. The van der Waals surface area contributed by atoms with E-state index in [0.717, 1.165) is 15.0 Å². The van der Waals surface area contributed by atoms with Crippen LogP contribution in [0.5, 0.6) is 0 Å². The molecule has 1 nitrogen and oxygen atoms in total. The summed E-state index contributed by atoms with van der Waals surface area (Å²) in [5.74, 6) is 0. The number of nitrogens with one attached hydrogen (secondary N) is 1. The molecule has 0 heterocycles. The molecule has 32 valence electrons. The second kappa shape index (κ2) is 4.82. The highest BCUT2D eigenvalue weighted by molar-refractivity contribution is 8.01. The molecule has 2 atom stereocenters. The lowest BCUT2D eigenvalue weighted by Gasteiger charge is -1.86. The summed E-state index contributed by atoms with van der Waals surface area (Å²) in [5.41, 5.74) is 0. The molecule has 0 amide bonds. The first-order valence-electron chi connectivity index (χ1n) is 1.60. The van der Waals surface area contributed by atoms with Crippen LogP contribution in [-0.4, -0.2) is 6.54 Å². The third-order valence-corrected chi connectivity index (χ3v) is 1.45. The molecular formula is C2H9NP2. The van der Waals surface area contributed by atoms with Crippen molar-refractivity contribution in [2.24, 2.45) is 0 Å². The van der Waals surface area contributed by atoms with Gasteiger partial charge in [-0.3, -0.25) is 5.09 Å². The minimum Gasteiger partial charge on any atom is -0.295 e. The van der Waals surface area contributed by atoms with Crippen molar-refractivity contribution >= 4 is 17.3 Å². The van der Waals surface area contributed by atoms with E-state index in [0.29, 0.717) is 0 Å². The van der Waals surface area contributed by atoms with E-state index in [1.807, 2.05) is 0 Å². The Hall–Kier alpha value is 0.820. The van der Waals surface area contributed by atoms with Crippen LogP contribution in [0.15, 0.2) is 0 Å². The van der Waals surface area contributed by atoms with Crippen LogP contribution in [0.1, 0.15) is 6.92 Å². The average molecular weight is 109 g/mol. The summed E-state index contributed by atoms with van der Waals surface area (Å²) >= 11 is 0. The molecule has 0 aliphatic rings. The highest BCUT2D eigenvalue weighted by atomic mass is 32.0. The lowest BCUT2D eigenvalue weighted by molar-refractivity contribution is 1.03. The molecule has 0 rings (SSSR count). The molecule has 0 radical (unpaired) electrons. The first kappa shape index (κ1) is 5.82. The van der Waals surface area contributed by atoms with Gasteiger partial charge >= 0.3 is 0 Å². The van der Waals surface area contributed by atoms with Gasteiger partial charge in [0.1, 0.15) is 0 Å². The summed E-state index contributed by atoms with van der Waals surface area (Å²) in [6.45, 7) is 3.18. The second-order valence-corrected chi connectivity index (χ2v) is 2.18. The standard InChI is InChI=1S/C2H9NP2/c1-2-3-5-4/h3,5H,2,4H2,1H3. The predicted molar refractivity (Wildman–Crippen MR) is 31.7 cm³/mol. The zero-order chi connectivity index (χ0) is 4.12. The van der Waals surface area contributed by atoms with Gasteiger partial charge in [-0.1, -0.05) is 15.9 Å². The summed E-state index contributed by atoms with van der Waals surface area (Å²) in [6, 6.07) is 0. The van der Waals surface area contributed by atoms with E-state index < -0.39 is 0 Å². The molecule has 1 N–H and O–H groups in total. The largest absolute Gasteiger partial charge is 0.295 e. The molecule has 0 saturated carbocycles. The highest BCUT2D eigenvalue weighted by Gasteiger charge is 1.62. The molecule has 0 aliphatic heterocycles. The van der Waals surface area contributed by atoms with Crippen LogP contribution in [0.3, 0.4) is 0 Å². The highest BCUT2D eigenvalue weighted by Crippen LogP contribution is 2.11. The van der Waals surface area contributed by atoms with Crippen LogP contribution in [0.4, 0.5) is 0 Å². The van der Waals surface area contributed by atoms with Crippen LogP contribution < -0.4 is 5.09 Å². The van der Waals surface area contributed by atoms with Gasteiger partial charge in [0.25, 0.3) is 0 Å². The fraction of sp³-hybridized carbons (Fsp3) is 1.00. The summed E-state index contributed by atoms with van der Waals surface area (Å²) in [4.78, 5) is 0. The number of hydrogen-bond donors (Lipinski definition) is 1. The van der Waals surface area contributed by atoms with E-state index in [1.165, 1.54) is 0 Å². The van der Waals surface area contributed by atoms with Crippen LogP contribution in [0, 0.1) is 0 Å². The second-order valence-electron chi connectivity index (χ2n) is 0.675. The first-order valence-corrected chi connectivity index (χ1v) is 4.41. The Morgan fingerprint density at radius 1 is 2.00 bits per heavy atom. The van der Waals surface area contributed by atoms with Gasteiger partial charge in [-0.05, 0) is 15.0 Å². The summed E-state index contributed by atoms with van der Waals surface area (Å²) in [6.07, 6.45) is 0. The van der Waals surface area contributed by atoms with Crippen LogP contribution in [0.25, 0.3) is 0 Å². The third kappa shape index (κ3) is 4.82. The van der Waals surface area contributed by atoms with E-state index >= 15 is 0 Å². The van der Waals surface area contributed by atoms with Crippen molar-refractivity contribution in [1.82, 2.24) is 5.09 Å². The van der Waals surface area contributed by atoms with Gasteiger partial charge in [0.15, 0.2) is 0 Å². The average Bonchev–Trinajstić information content (AvgIpc) is 1.41. The van der Waals surface area contributed by atoms with E-state index in [-0.39, 0.29) is 0 Å². The molecule has 0 fully saturated rings. The van der Waals surface area contributed by atoms with Crippen molar-refractivity contribution in [1.29, 1.82) is 0 Å². The van der Waals surface area contributed by atoms with Gasteiger partial charge in [-0.15, -0.1) is 0 Å². The molecule has 3 heteroatoms. The van der Waals surface area contributed by atoms with Crippen molar-refractivity contribution in [3.8, 4) is 0 Å². The smallest absolute Gasteiger partial charge is 0.00379 e. The van der Waals surface area contributed by atoms with Gasteiger partial charge in [0.05, 0.1) is 0 Å². The molecule has 0 aromatic heterocycles. The maximum atomic E-state index is 3.10. The Bertz CT molecular complexity index is 15.1. The van der Waals surface area contributed by atoms with E-state index in [1.54, 1.807) is 0 Å². The van der Waals surface area contributed by atoms with E-state index in [4.69, 9.17) is 0 Å². The topological polar surface area (TPSA) is 12.0 Å². The van der Waals surface area contributed by atoms with Crippen LogP contribution >= 0.6 is 17.3 Å². The Balaban J connectivity index is 2.19. The minimum absolute atomic E-state index is 0.824. The monoisotopic (exact) mass is 109 g/mol. The molecule has 0 aliphatic carbocycles. The molecule has 0 aromatic carbocycles. The normalized spacial score (nSPS) is 10.8. The SMILES string of the molecule is CCNPP. The molecule has 2 unspecified atom stereocenters. The van der Waals surface area contributed by atoms with Crippen LogP contribution in [-0.2, 0) is 0 Å². The fourth-order valence-corrected chi connectivity index (χ4v) is 0.919. The van der Waals surface area contributed by atoms with Crippen molar-refractivity contribution < 1.29 is 0 Å². The van der Waals surface area contributed by atoms with Gasteiger partial charge in [-0.2, -0.15) is 0 Å². The lowest BCUT2D eigenvalue weighted by Crippen LogP contribution is -1.93. The van der Waals surface area contributed by atoms with Gasteiger partial charge in [-0.25, -0.2) is 0 Å². The maximum Gasteiger partial charge on any atom is -0.00379 e. The number of rotatable bonds is 2. The molecule has 0 aromatic rings. The van der Waals surface area contributed by atoms with Crippen LogP contribution in [0.2, 0.25) is 0 Å². The quantitative estimate of drug-likeness (QED) is 0.521. The molecular weight excluding hydrogens is 100.0 g/mol. The van der Waals surface area contributed by atoms with Gasteiger partial charge < -0.3 is 0 Å². The van der Waals surface area contributed by atoms with Crippen molar-refractivity contribution in [2.45, 2.75) is 6.92 Å². The number of hydrogen-bond acceptors (Lipinski definition) is 1.